The second-order valence-corrected chi connectivity index (χ2v) is 4.78. The van der Waals surface area contributed by atoms with Crippen LogP contribution in [0.2, 0.25) is 0 Å². The molecule has 100 valence electrons. The zero-order valence-corrected chi connectivity index (χ0v) is 11.3. The molecular weight excluding hydrogens is 238 g/mol. The van der Waals surface area contributed by atoms with Crippen LogP contribution in [0.1, 0.15) is 36.8 Å². The van der Waals surface area contributed by atoms with Crippen molar-refractivity contribution < 1.29 is 9.90 Å². The highest BCUT2D eigenvalue weighted by Crippen LogP contribution is 2.25. The molecule has 1 aromatic carbocycles. The largest absolute Gasteiger partial charge is 0.395 e. The van der Waals surface area contributed by atoms with Crippen LogP contribution in [-0.4, -0.2) is 24.2 Å². The minimum absolute atomic E-state index is 0.0896. The number of piperidine rings is 1. The van der Waals surface area contributed by atoms with Crippen LogP contribution in [0.4, 0.5) is 5.69 Å². The van der Waals surface area contributed by atoms with Gasteiger partial charge < -0.3 is 10.0 Å². The third kappa shape index (κ3) is 3.36. The highest BCUT2D eigenvalue weighted by atomic mass is 16.2. The van der Waals surface area contributed by atoms with E-state index in [0.29, 0.717) is 12.8 Å². The van der Waals surface area contributed by atoms with Crippen molar-refractivity contribution in [1.82, 2.24) is 0 Å². The van der Waals surface area contributed by atoms with E-state index in [0.717, 1.165) is 36.2 Å². The van der Waals surface area contributed by atoms with E-state index < -0.39 is 0 Å². The topological polar surface area (TPSA) is 40.5 Å². The predicted octanol–water partition coefficient (Wildman–Crippen LogP) is 2.25. The lowest BCUT2D eigenvalue weighted by molar-refractivity contribution is -0.119. The van der Waals surface area contributed by atoms with Crippen molar-refractivity contribution in [3.63, 3.8) is 0 Å². The first-order valence-corrected chi connectivity index (χ1v) is 6.73. The maximum absolute atomic E-state index is 11.9. The number of rotatable bonds is 2. The highest BCUT2D eigenvalue weighted by molar-refractivity contribution is 5.94. The fourth-order valence-corrected chi connectivity index (χ4v) is 2.32. The average molecular weight is 257 g/mol. The fraction of sp³-hybridized carbons (Fsp3) is 0.438. The lowest BCUT2D eigenvalue weighted by Gasteiger charge is -2.28. The van der Waals surface area contributed by atoms with Crippen LogP contribution < -0.4 is 4.90 Å². The summed E-state index contributed by atoms with van der Waals surface area (Å²) in [4.78, 5) is 13.8. The Morgan fingerprint density at radius 3 is 2.89 bits per heavy atom. The molecule has 1 heterocycles. The van der Waals surface area contributed by atoms with Crippen LogP contribution >= 0.6 is 0 Å². The molecule has 1 N–H and O–H groups in total. The van der Waals surface area contributed by atoms with Crippen LogP contribution in [0.25, 0.3) is 0 Å². The van der Waals surface area contributed by atoms with E-state index in [1.807, 2.05) is 30.0 Å². The number of aryl methyl sites for hydroxylation is 1. The summed E-state index contributed by atoms with van der Waals surface area (Å²) in [5.74, 6) is 6.14. The van der Waals surface area contributed by atoms with Crippen LogP contribution in [0.3, 0.4) is 0 Å². The Bertz CT molecular complexity index is 525. The number of carbonyl (C=O) groups is 1. The number of carbonyl (C=O) groups excluding carboxylic acids is 1. The normalized spacial score (nSPS) is 15.1. The number of hydrogen-bond acceptors (Lipinski definition) is 2. The Balaban J connectivity index is 2.19. The van der Waals surface area contributed by atoms with Crippen LogP contribution in [0.15, 0.2) is 18.2 Å². The van der Waals surface area contributed by atoms with Crippen molar-refractivity contribution >= 4 is 11.6 Å². The van der Waals surface area contributed by atoms with Gasteiger partial charge in [0, 0.05) is 30.6 Å². The lowest BCUT2D eigenvalue weighted by Crippen LogP contribution is -2.35. The molecule has 1 aromatic rings. The number of nitrogens with zero attached hydrogens (tertiary/aromatic N) is 1. The van der Waals surface area contributed by atoms with Crippen LogP contribution in [-0.2, 0) is 4.79 Å². The highest BCUT2D eigenvalue weighted by Gasteiger charge is 2.20. The molecule has 2 rings (SSSR count). The number of aliphatic hydroxyl groups is 1. The van der Waals surface area contributed by atoms with Crippen molar-refractivity contribution in [1.29, 1.82) is 0 Å². The summed E-state index contributed by atoms with van der Waals surface area (Å²) in [5, 5.41) is 8.70. The van der Waals surface area contributed by atoms with Gasteiger partial charge in [0.25, 0.3) is 0 Å². The van der Waals surface area contributed by atoms with Gasteiger partial charge in [-0.1, -0.05) is 11.8 Å². The second kappa shape index (κ2) is 6.40. The molecule has 3 nitrogen and oxygen atoms in total. The van der Waals surface area contributed by atoms with E-state index >= 15 is 0 Å². The Kier molecular flexibility index (Phi) is 4.59. The summed E-state index contributed by atoms with van der Waals surface area (Å²) in [6.45, 7) is 2.91. The molecule has 1 fully saturated rings. The Morgan fingerprint density at radius 1 is 1.37 bits per heavy atom. The Hall–Kier alpha value is -1.79. The van der Waals surface area contributed by atoms with Gasteiger partial charge >= 0.3 is 0 Å². The molecule has 0 saturated carbocycles. The average Bonchev–Trinajstić information content (AvgIpc) is 2.40. The maximum Gasteiger partial charge on any atom is 0.226 e. The molecule has 1 saturated heterocycles. The van der Waals surface area contributed by atoms with Gasteiger partial charge in [-0.05, 0) is 43.5 Å². The van der Waals surface area contributed by atoms with Gasteiger partial charge in [0.15, 0.2) is 0 Å². The molecular formula is C16H19NO2. The predicted molar refractivity (Wildman–Crippen MR) is 76.0 cm³/mol. The summed E-state index contributed by atoms with van der Waals surface area (Å²) in [7, 11) is 0. The smallest absolute Gasteiger partial charge is 0.226 e. The molecule has 0 radical (unpaired) electrons. The number of amides is 1. The summed E-state index contributed by atoms with van der Waals surface area (Å²) in [5.41, 5.74) is 3.00. The third-order valence-electron chi connectivity index (χ3n) is 3.28. The minimum atomic E-state index is 0.0896. The first-order valence-electron chi connectivity index (χ1n) is 6.73. The van der Waals surface area contributed by atoms with Gasteiger partial charge in [-0.2, -0.15) is 0 Å². The monoisotopic (exact) mass is 257 g/mol. The van der Waals surface area contributed by atoms with E-state index in [-0.39, 0.29) is 12.5 Å². The number of anilines is 1. The molecule has 3 heteroatoms. The SMILES string of the molecule is Cc1cc(C#CCCO)ccc1N1CCCCC1=O. The fourth-order valence-electron chi connectivity index (χ4n) is 2.32. The Morgan fingerprint density at radius 2 is 2.21 bits per heavy atom. The number of hydrogen-bond donors (Lipinski definition) is 1. The van der Waals surface area contributed by atoms with Gasteiger partial charge in [0.1, 0.15) is 0 Å². The van der Waals surface area contributed by atoms with Crippen LogP contribution in [0.5, 0.6) is 0 Å². The molecule has 0 aliphatic carbocycles. The first kappa shape index (κ1) is 13.6. The van der Waals surface area contributed by atoms with Gasteiger partial charge in [-0.3, -0.25) is 4.79 Å². The molecule has 0 aromatic heterocycles. The summed E-state index contributed by atoms with van der Waals surface area (Å²) in [6, 6.07) is 5.91. The zero-order valence-electron chi connectivity index (χ0n) is 11.3. The standard InChI is InChI=1S/C16H19NO2/c1-13-12-14(6-3-5-11-18)8-9-15(13)17-10-4-2-7-16(17)19/h8-9,12,18H,2,4-5,7,10-11H2,1H3. The maximum atomic E-state index is 11.9. The van der Waals surface area contributed by atoms with Gasteiger partial charge in [-0.15, -0.1) is 0 Å². The first-order chi connectivity index (χ1) is 9.22. The molecule has 19 heavy (non-hydrogen) atoms. The van der Waals surface area contributed by atoms with E-state index in [1.165, 1.54) is 0 Å². The third-order valence-corrected chi connectivity index (χ3v) is 3.28. The molecule has 0 spiro atoms. The van der Waals surface area contributed by atoms with Crippen molar-refractivity contribution in [2.75, 3.05) is 18.1 Å². The lowest BCUT2D eigenvalue weighted by atomic mass is 10.0. The number of benzene rings is 1. The van der Waals surface area contributed by atoms with Crippen molar-refractivity contribution in [2.45, 2.75) is 32.6 Å². The van der Waals surface area contributed by atoms with E-state index in [4.69, 9.17) is 5.11 Å². The van der Waals surface area contributed by atoms with Gasteiger partial charge in [0.2, 0.25) is 5.91 Å². The molecule has 1 aliphatic rings. The molecule has 0 bridgehead atoms. The molecule has 1 amide bonds. The quantitative estimate of drug-likeness (QED) is 0.825. The summed E-state index contributed by atoms with van der Waals surface area (Å²) in [6.07, 6.45) is 3.21. The van der Waals surface area contributed by atoms with Crippen molar-refractivity contribution in [3.8, 4) is 11.8 Å². The van der Waals surface area contributed by atoms with Crippen molar-refractivity contribution in [2.24, 2.45) is 0 Å². The minimum Gasteiger partial charge on any atom is -0.395 e. The van der Waals surface area contributed by atoms with Crippen molar-refractivity contribution in [3.05, 3.63) is 29.3 Å². The molecule has 0 atom stereocenters. The Labute approximate surface area is 114 Å². The number of aliphatic hydroxyl groups excluding tert-OH is 1. The van der Waals surface area contributed by atoms with E-state index in [1.54, 1.807) is 0 Å². The zero-order chi connectivity index (χ0) is 13.7. The van der Waals surface area contributed by atoms with Gasteiger partial charge in [-0.25, -0.2) is 0 Å². The van der Waals surface area contributed by atoms with Crippen LogP contribution in [0, 0.1) is 18.8 Å². The molecule has 0 unspecified atom stereocenters. The summed E-state index contributed by atoms with van der Waals surface area (Å²) >= 11 is 0. The second-order valence-electron chi connectivity index (χ2n) is 4.78. The van der Waals surface area contributed by atoms with Gasteiger partial charge in [0.05, 0.1) is 6.61 Å². The molecule has 1 aliphatic heterocycles. The summed E-state index contributed by atoms with van der Waals surface area (Å²) < 4.78 is 0. The van der Waals surface area contributed by atoms with E-state index in [9.17, 15) is 4.79 Å². The van der Waals surface area contributed by atoms with E-state index in [2.05, 4.69) is 11.8 Å².